The highest BCUT2D eigenvalue weighted by atomic mass is 16.3. The molecule has 2 atom stereocenters. The zero-order valence-electron chi connectivity index (χ0n) is 10.8. The van der Waals surface area contributed by atoms with Gasteiger partial charge >= 0.3 is 0 Å². The molecule has 0 saturated heterocycles. The lowest BCUT2D eigenvalue weighted by molar-refractivity contribution is 0.232. The van der Waals surface area contributed by atoms with E-state index in [2.05, 4.69) is 16.4 Å². The maximum Gasteiger partial charge on any atom is 0.0626 e. The number of rotatable bonds is 4. The van der Waals surface area contributed by atoms with Crippen LogP contribution in [0, 0.1) is 0 Å². The molecule has 19 heavy (non-hydrogen) atoms. The first kappa shape index (κ1) is 12.3. The van der Waals surface area contributed by atoms with Crippen molar-refractivity contribution < 1.29 is 5.11 Å². The number of aliphatic hydroxyl groups excluding tert-OH is 1. The van der Waals surface area contributed by atoms with Gasteiger partial charge in [-0.15, -0.1) is 0 Å². The first-order valence-electron chi connectivity index (χ1n) is 6.74. The highest BCUT2D eigenvalue weighted by Gasteiger charge is 2.25. The third-order valence-corrected chi connectivity index (χ3v) is 3.75. The molecule has 1 heterocycles. The average Bonchev–Trinajstić information content (AvgIpc) is 2.89. The van der Waals surface area contributed by atoms with Gasteiger partial charge in [-0.25, -0.2) is 0 Å². The van der Waals surface area contributed by atoms with Crippen LogP contribution in [0.3, 0.4) is 0 Å². The Morgan fingerprint density at radius 1 is 1.21 bits per heavy atom. The molecule has 1 unspecified atom stereocenters. The Kier molecular flexibility index (Phi) is 3.58. The number of aryl methyl sites for hydroxylation is 1. The monoisotopic (exact) mass is 254 g/mol. The largest absolute Gasteiger partial charge is 0.394 e. The predicted octanol–water partition coefficient (Wildman–Crippen LogP) is 2.39. The molecule has 3 rings (SSSR count). The lowest BCUT2D eigenvalue weighted by Crippen LogP contribution is -2.28. The summed E-state index contributed by atoms with van der Waals surface area (Å²) in [5.41, 5.74) is 3.58. The van der Waals surface area contributed by atoms with E-state index in [1.165, 1.54) is 5.56 Å². The van der Waals surface area contributed by atoms with Crippen molar-refractivity contribution in [1.29, 1.82) is 0 Å². The van der Waals surface area contributed by atoms with E-state index >= 15 is 0 Å². The molecule has 0 radical (unpaired) electrons. The second kappa shape index (κ2) is 5.51. The Bertz CT molecular complexity index is 541. The number of fused-ring (bicyclic) bond motifs is 1. The molecule has 2 N–H and O–H groups in total. The lowest BCUT2D eigenvalue weighted by Gasteiger charge is -2.21. The number of hydrogen-bond donors (Lipinski definition) is 2. The number of nitrogens with one attached hydrogen (secondary N) is 1. The summed E-state index contributed by atoms with van der Waals surface area (Å²) in [4.78, 5) is 4.48. The third-order valence-electron chi connectivity index (χ3n) is 3.75. The van der Waals surface area contributed by atoms with Crippen LogP contribution in [0.1, 0.15) is 35.3 Å². The fraction of sp³-hybridized carbons (Fsp3) is 0.312. The van der Waals surface area contributed by atoms with Gasteiger partial charge in [0.25, 0.3) is 0 Å². The van der Waals surface area contributed by atoms with Crippen molar-refractivity contribution in [3.63, 3.8) is 0 Å². The van der Waals surface area contributed by atoms with Crippen molar-refractivity contribution in [1.82, 2.24) is 10.3 Å². The van der Waals surface area contributed by atoms with Gasteiger partial charge in [0, 0.05) is 6.20 Å². The summed E-state index contributed by atoms with van der Waals surface area (Å²) in [7, 11) is 0. The van der Waals surface area contributed by atoms with Gasteiger partial charge < -0.3 is 5.11 Å². The predicted molar refractivity (Wildman–Crippen MR) is 74.7 cm³/mol. The zero-order chi connectivity index (χ0) is 13.1. The van der Waals surface area contributed by atoms with Gasteiger partial charge in [-0.3, -0.25) is 10.3 Å². The standard InChI is InChI=1S/C16H18N2O/c19-11-15(12-5-2-1-3-6-12)18-14-9-8-13-7-4-10-17-16(13)14/h1-7,10,14-15,18-19H,8-9,11H2/t14?,15-/m0/s1. The molecule has 1 aliphatic carbocycles. The van der Waals surface area contributed by atoms with Crippen LogP contribution >= 0.6 is 0 Å². The fourth-order valence-corrected chi connectivity index (χ4v) is 2.76. The van der Waals surface area contributed by atoms with Gasteiger partial charge in [0.15, 0.2) is 0 Å². The minimum absolute atomic E-state index is 0.0286. The number of pyridine rings is 1. The summed E-state index contributed by atoms with van der Waals surface area (Å²) in [6.45, 7) is 0.0999. The fourth-order valence-electron chi connectivity index (χ4n) is 2.76. The van der Waals surface area contributed by atoms with E-state index in [9.17, 15) is 5.11 Å². The Morgan fingerprint density at radius 2 is 2.05 bits per heavy atom. The van der Waals surface area contributed by atoms with Crippen LogP contribution < -0.4 is 5.32 Å². The molecule has 3 nitrogen and oxygen atoms in total. The zero-order valence-corrected chi connectivity index (χ0v) is 10.8. The molecule has 0 saturated carbocycles. The summed E-state index contributed by atoms with van der Waals surface area (Å²) in [6, 6.07) is 14.4. The third kappa shape index (κ3) is 2.53. The highest BCUT2D eigenvalue weighted by molar-refractivity contribution is 5.29. The topological polar surface area (TPSA) is 45.1 Å². The van der Waals surface area contributed by atoms with Gasteiger partial charge in [0.05, 0.1) is 24.4 Å². The van der Waals surface area contributed by atoms with Crippen molar-refractivity contribution in [2.24, 2.45) is 0 Å². The molecule has 0 fully saturated rings. The molecule has 0 spiro atoms. The smallest absolute Gasteiger partial charge is 0.0626 e. The van der Waals surface area contributed by atoms with Crippen LogP contribution in [0.4, 0.5) is 0 Å². The molecule has 3 heteroatoms. The quantitative estimate of drug-likeness (QED) is 0.880. The maximum atomic E-state index is 9.60. The van der Waals surface area contributed by atoms with Gasteiger partial charge in [0.2, 0.25) is 0 Å². The number of hydrogen-bond acceptors (Lipinski definition) is 3. The highest BCUT2D eigenvalue weighted by Crippen LogP contribution is 2.31. The van der Waals surface area contributed by atoms with Crippen LogP contribution in [0.25, 0.3) is 0 Å². The van der Waals surface area contributed by atoms with E-state index in [1.807, 2.05) is 42.6 Å². The normalized spacial score (nSPS) is 19.1. The van der Waals surface area contributed by atoms with E-state index < -0.39 is 0 Å². The summed E-state index contributed by atoms with van der Waals surface area (Å²) >= 11 is 0. The molecule has 0 amide bonds. The SMILES string of the molecule is OC[C@H](NC1CCc2cccnc21)c1ccccc1. The minimum atomic E-state index is -0.0286. The number of nitrogens with zero attached hydrogens (tertiary/aromatic N) is 1. The number of aliphatic hydroxyl groups is 1. The molecule has 2 aromatic rings. The molecule has 98 valence electrons. The van der Waals surface area contributed by atoms with Crippen LogP contribution in [0.15, 0.2) is 48.7 Å². The van der Waals surface area contributed by atoms with E-state index in [4.69, 9.17) is 0 Å². The molecule has 1 aliphatic rings. The van der Waals surface area contributed by atoms with Crippen LogP contribution in [-0.4, -0.2) is 16.7 Å². The first-order valence-corrected chi connectivity index (χ1v) is 6.74. The van der Waals surface area contributed by atoms with Gasteiger partial charge in [0.1, 0.15) is 0 Å². The molecule has 1 aromatic carbocycles. The summed E-state index contributed by atoms with van der Waals surface area (Å²) in [5, 5.41) is 13.1. The number of aromatic nitrogens is 1. The van der Waals surface area contributed by atoms with Gasteiger partial charge in [-0.2, -0.15) is 0 Å². The van der Waals surface area contributed by atoms with Crippen molar-refractivity contribution >= 4 is 0 Å². The second-order valence-electron chi connectivity index (χ2n) is 4.95. The van der Waals surface area contributed by atoms with E-state index in [1.54, 1.807) is 0 Å². The first-order chi connectivity index (χ1) is 9.38. The van der Waals surface area contributed by atoms with Gasteiger partial charge in [-0.1, -0.05) is 36.4 Å². The van der Waals surface area contributed by atoms with Crippen molar-refractivity contribution in [2.75, 3.05) is 6.61 Å². The van der Waals surface area contributed by atoms with Gasteiger partial charge in [-0.05, 0) is 30.0 Å². The van der Waals surface area contributed by atoms with Crippen molar-refractivity contribution in [3.8, 4) is 0 Å². The Balaban J connectivity index is 1.78. The van der Waals surface area contributed by atoms with Crippen LogP contribution in [0.2, 0.25) is 0 Å². The lowest BCUT2D eigenvalue weighted by atomic mass is 10.1. The average molecular weight is 254 g/mol. The van der Waals surface area contributed by atoms with E-state index in [-0.39, 0.29) is 18.7 Å². The Morgan fingerprint density at radius 3 is 2.84 bits per heavy atom. The Hall–Kier alpha value is -1.71. The minimum Gasteiger partial charge on any atom is -0.394 e. The van der Waals surface area contributed by atoms with Crippen molar-refractivity contribution in [3.05, 3.63) is 65.5 Å². The van der Waals surface area contributed by atoms with E-state index in [0.29, 0.717) is 0 Å². The maximum absolute atomic E-state index is 9.60. The summed E-state index contributed by atoms with van der Waals surface area (Å²) in [6.07, 6.45) is 3.96. The molecular weight excluding hydrogens is 236 g/mol. The molecular formula is C16H18N2O. The van der Waals surface area contributed by atoms with Crippen molar-refractivity contribution in [2.45, 2.75) is 24.9 Å². The van der Waals surface area contributed by atoms with E-state index in [0.717, 1.165) is 24.1 Å². The number of benzene rings is 1. The summed E-state index contributed by atoms with van der Waals surface area (Å²) in [5.74, 6) is 0. The second-order valence-corrected chi connectivity index (χ2v) is 4.95. The molecule has 0 aliphatic heterocycles. The van der Waals surface area contributed by atoms with Crippen LogP contribution in [-0.2, 0) is 6.42 Å². The molecule has 1 aromatic heterocycles. The molecule has 0 bridgehead atoms. The Labute approximate surface area is 113 Å². The van der Waals surface area contributed by atoms with Crippen LogP contribution in [0.5, 0.6) is 0 Å². The summed E-state index contributed by atoms with van der Waals surface area (Å²) < 4.78 is 0.